The number of nitrogens with one attached hydrogen (secondary N) is 1. The highest BCUT2D eigenvalue weighted by Gasteiger charge is 2.25. The van der Waals surface area contributed by atoms with E-state index in [2.05, 4.69) is 9.73 Å². The number of piperazine rings is 1. The van der Waals surface area contributed by atoms with Crippen LogP contribution in [0.25, 0.3) is 0 Å². The van der Waals surface area contributed by atoms with E-state index >= 15 is 0 Å². The maximum absolute atomic E-state index is 12.0. The van der Waals surface area contributed by atoms with Crippen molar-refractivity contribution in [1.29, 1.82) is 0 Å². The van der Waals surface area contributed by atoms with Crippen LogP contribution in [0.3, 0.4) is 0 Å². The number of carboxylic acid groups (broad SMARTS) is 1. The third kappa shape index (κ3) is 3.32. The van der Waals surface area contributed by atoms with Crippen molar-refractivity contribution < 1.29 is 22.7 Å². The highest BCUT2D eigenvalue weighted by atomic mass is 32.2. The van der Waals surface area contributed by atoms with Crippen LogP contribution in [0.1, 0.15) is 10.6 Å². The molecule has 0 spiro atoms. The van der Waals surface area contributed by atoms with Gasteiger partial charge in [0.05, 0.1) is 0 Å². The fourth-order valence-corrected chi connectivity index (χ4v) is 2.75. The van der Waals surface area contributed by atoms with Crippen LogP contribution in [0.5, 0.6) is 0 Å². The minimum atomic E-state index is -3.86. The summed E-state index contributed by atoms with van der Waals surface area (Å²) >= 11 is 0. The molecule has 1 fully saturated rings. The molecule has 9 heteroatoms. The second kappa shape index (κ2) is 5.29. The van der Waals surface area contributed by atoms with Crippen LogP contribution in [0.2, 0.25) is 0 Å². The molecule has 0 atom stereocenters. The van der Waals surface area contributed by atoms with Gasteiger partial charge in [0, 0.05) is 26.2 Å². The van der Waals surface area contributed by atoms with Gasteiger partial charge in [0.25, 0.3) is 10.0 Å². The van der Waals surface area contributed by atoms with Gasteiger partial charge in [0.15, 0.2) is 0 Å². The number of nitrogens with zero attached hydrogens (tertiary/aromatic N) is 2. The van der Waals surface area contributed by atoms with Crippen molar-refractivity contribution in [1.82, 2.24) is 14.7 Å². The summed E-state index contributed by atoms with van der Waals surface area (Å²) in [6, 6.07) is 2.24. The second-order valence-electron chi connectivity index (χ2n) is 4.31. The Balaban J connectivity index is 2.07. The molecule has 0 aliphatic carbocycles. The smallest absolute Gasteiger partial charge is 0.371 e. The van der Waals surface area contributed by atoms with Crippen LogP contribution in [0.4, 0.5) is 0 Å². The molecule has 8 nitrogen and oxygen atoms in total. The van der Waals surface area contributed by atoms with Crippen molar-refractivity contribution in [3.8, 4) is 0 Å². The Labute approximate surface area is 110 Å². The minimum absolute atomic E-state index is 0.399. The first kappa shape index (κ1) is 14.0. The van der Waals surface area contributed by atoms with E-state index in [0.717, 1.165) is 25.2 Å². The van der Waals surface area contributed by atoms with Gasteiger partial charge in [0.2, 0.25) is 10.9 Å². The quantitative estimate of drug-likeness (QED) is 0.764. The Morgan fingerprint density at radius 2 is 1.95 bits per heavy atom. The lowest BCUT2D eigenvalue weighted by atomic mass is 10.4. The zero-order valence-electron chi connectivity index (χ0n) is 10.4. The van der Waals surface area contributed by atoms with Gasteiger partial charge in [-0.15, -0.1) is 4.83 Å². The predicted octanol–water partition coefficient (Wildman–Crippen LogP) is -0.581. The molecule has 0 aromatic carbocycles. The van der Waals surface area contributed by atoms with Crippen LogP contribution in [-0.2, 0) is 10.0 Å². The summed E-state index contributed by atoms with van der Waals surface area (Å²) in [6.07, 6.45) is 0. The van der Waals surface area contributed by atoms with Crippen LogP contribution in [0, 0.1) is 0 Å². The highest BCUT2D eigenvalue weighted by Crippen LogP contribution is 2.14. The maximum Gasteiger partial charge on any atom is 0.371 e. The van der Waals surface area contributed by atoms with Gasteiger partial charge < -0.3 is 14.4 Å². The van der Waals surface area contributed by atoms with Gasteiger partial charge in [-0.3, -0.25) is 0 Å². The first-order valence-electron chi connectivity index (χ1n) is 5.67. The van der Waals surface area contributed by atoms with Crippen LogP contribution >= 0.6 is 0 Å². The van der Waals surface area contributed by atoms with Crippen molar-refractivity contribution in [2.24, 2.45) is 0 Å². The Morgan fingerprint density at radius 3 is 2.47 bits per heavy atom. The molecule has 0 unspecified atom stereocenters. The van der Waals surface area contributed by atoms with Gasteiger partial charge in [-0.2, -0.15) is 0 Å². The number of furan rings is 1. The molecule has 1 aromatic rings. The lowest BCUT2D eigenvalue weighted by Gasteiger charge is -2.31. The molecule has 1 saturated heterocycles. The number of hydrogen-bond acceptors (Lipinski definition) is 6. The molecule has 0 saturated carbocycles. The van der Waals surface area contributed by atoms with Gasteiger partial charge in [-0.1, -0.05) is 0 Å². The monoisotopic (exact) mass is 289 g/mol. The molecule has 1 aliphatic rings. The van der Waals surface area contributed by atoms with Gasteiger partial charge >= 0.3 is 5.97 Å². The molecule has 2 rings (SSSR count). The lowest BCUT2D eigenvalue weighted by molar-refractivity contribution is 0.0656. The lowest BCUT2D eigenvalue weighted by Crippen LogP contribution is -2.52. The molecule has 0 radical (unpaired) electrons. The summed E-state index contributed by atoms with van der Waals surface area (Å²) in [7, 11) is -1.91. The molecule has 0 amide bonds. The van der Waals surface area contributed by atoms with E-state index in [9.17, 15) is 13.2 Å². The number of hydrogen-bond donors (Lipinski definition) is 2. The van der Waals surface area contributed by atoms with E-state index in [1.54, 1.807) is 5.01 Å². The SMILES string of the molecule is CN1CCN(NS(=O)(=O)c2ccc(C(=O)O)o2)CC1. The number of sulfonamides is 1. The van der Waals surface area contributed by atoms with Gasteiger partial charge in [-0.25, -0.2) is 18.2 Å². The molecule has 0 bridgehead atoms. The van der Waals surface area contributed by atoms with Crippen LogP contribution < -0.4 is 4.83 Å². The van der Waals surface area contributed by atoms with E-state index in [1.807, 2.05) is 7.05 Å². The number of carbonyl (C=O) groups is 1. The molecule has 1 aromatic heterocycles. The molecule has 1 aliphatic heterocycles. The van der Waals surface area contributed by atoms with Crippen molar-refractivity contribution in [3.63, 3.8) is 0 Å². The normalized spacial score (nSPS) is 18.6. The van der Waals surface area contributed by atoms with Crippen molar-refractivity contribution in [2.75, 3.05) is 33.2 Å². The van der Waals surface area contributed by atoms with E-state index in [-0.39, 0.29) is 0 Å². The number of hydrazine groups is 1. The van der Waals surface area contributed by atoms with E-state index in [1.165, 1.54) is 0 Å². The maximum atomic E-state index is 12.0. The Morgan fingerprint density at radius 1 is 1.32 bits per heavy atom. The average Bonchev–Trinajstić information content (AvgIpc) is 2.82. The minimum Gasteiger partial charge on any atom is -0.475 e. The standard InChI is InChI=1S/C10H15N3O5S/c1-12-4-6-13(7-5-12)11-19(16,17)9-3-2-8(18-9)10(14)15/h2-3,11H,4-7H2,1H3,(H,14,15). The summed E-state index contributed by atoms with van der Waals surface area (Å²) in [5, 5.41) is 9.86. The third-order valence-corrected chi connectivity index (χ3v) is 4.06. The summed E-state index contributed by atoms with van der Waals surface area (Å²) in [5.74, 6) is -1.71. The topological polar surface area (TPSA) is 103 Å². The molecular weight excluding hydrogens is 274 g/mol. The Kier molecular flexibility index (Phi) is 3.90. The van der Waals surface area contributed by atoms with E-state index < -0.39 is 26.8 Å². The predicted molar refractivity (Wildman–Crippen MR) is 65.1 cm³/mol. The molecule has 2 heterocycles. The highest BCUT2D eigenvalue weighted by molar-refractivity contribution is 7.89. The molecular formula is C10H15N3O5S. The summed E-state index contributed by atoms with van der Waals surface area (Å²) < 4.78 is 28.7. The van der Waals surface area contributed by atoms with Crippen molar-refractivity contribution in [3.05, 3.63) is 17.9 Å². The molecule has 2 N–H and O–H groups in total. The first-order chi connectivity index (χ1) is 8.88. The van der Waals surface area contributed by atoms with Gasteiger partial charge in [0.1, 0.15) is 0 Å². The fourth-order valence-electron chi connectivity index (χ4n) is 1.69. The number of aromatic carboxylic acids is 1. The Hall–Kier alpha value is -1.42. The van der Waals surface area contributed by atoms with Crippen LogP contribution in [0.15, 0.2) is 21.6 Å². The van der Waals surface area contributed by atoms with Crippen molar-refractivity contribution in [2.45, 2.75) is 5.09 Å². The number of rotatable bonds is 4. The van der Waals surface area contributed by atoms with E-state index in [4.69, 9.17) is 9.52 Å². The zero-order chi connectivity index (χ0) is 14.0. The Bertz CT molecular complexity index is 559. The second-order valence-corrected chi connectivity index (χ2v) is 5.90. The van der Waals surface area contributed by atoms with Crippen LogP contribution in [-0.4, -0.2) is 62.6 Å². The summed E-state index contributed by atoms with van der Waals surface area (Å²) in [5.41, 5.74) is 0. The summed E-state index contributed by atoms with van der Waals surface area (Å²) in [4.78, 5) is 15.1. The number of carboxylic acids is 1. The molecule has 19 heavy (non-hydrogen) atoms. The van der Waals surface area contributed by atoms with E-state index in [0.29, 0.717) is 13.1 Å². The molecule has 106 valence electrons. The van der Waals surface area contributed by atoms with Gasteiger partial charge in [-0.05, 0) is 19.2 Å². The summed E-state index contributed by atoms with van der Waals surface area (Å²) in [6.45, 7) is 2.62. The van der Waals surface area contributed by atoms with Crippen molar-refractivity contribution >= 4 is 16.0 Å². The third-order valence-electron chi connectivity index (χ3n) is 2.81. The largest absolute Gasteiger partial charge is 0.475 e. The first-order valence-corrected chi connectivity index (χ1v) is 7.16. The number of likely N-dealkylation sites (N-methyl/N-ethyl adjacent to an activating group) is 1. The fraction of sp³-hybridized carbons (Fsp3) is 0.500. The zero-order valence-corrected chi connectivity index (χ0v) is 11.2. The average molecular weight is 289 g/mol.